The van der Waals surface area contributed by atoms with Crippen molar-refractivity contribution in [3.05, 3.63) is 0 Å². The second-order valence-corrected chi connectivity index (χ2v) is 5.34. The summed E-state index contributed by atoms with van der Waals surface area (Å²) in [6.45, 7) is 3.05. The van der Waals surface area contributed by atoms with E-state index in [2.05, 4.69) is 5.32 Å². The van der Waals surface area contributed by atoms with Gasteiger partial charge in [-0.1, -0.05) is 0 Å². The van der Waals surface area contributed by atoms with E-state index in [1.165, 1.54) is 0 Å². The molecule has 3 atom stereocenters. The van der Waals surface area contributed by atoms with Gasteiger partial charge in [0.1, 0.15) is 5.38 Å². The lowest BCUT2D eigenvalue weighted by Crippen LogP contribution is -2.40. The minimum atomic E-state index is -0.474. The zero-order chi connectivity index (χ0) is 11.7. The monoisotopic (exact) mass is 244 g/mol. The number of carbonyl (C=O) groups is 2. The normalized spacial score (nSPS) is 31.6. The Balaban J connectivity index is 2.00. The summed E-state index contributed by atoms with van der Waals surface area (Å²) in [4.78, 5) is 24.9. The van der Waals surface area contributed by atoms with E-state index in [1.807, 2.05) is 0 Å². The minimum absolute atomic E-state index is 0.0241. The highest BCUT2D eigenvalue weighted by Gasteiger charge is 2.37. The molecule has 2 heterocycles. The number of nitrogens with one attached hydrogen (secondary N) is 1. The van der Waals surface area contributed by atoms with Crippen LogP contribution in [0.25, 0.3) is 0 Å². The van der Waals surface area contributed by atoms with Gasteiger partial charge in [-0.25, -0.2) is 0 Å². The van der Waals surface area contributed by atoms with Gasteiger partial charge in [0.25, 0.3) is 0 Å². The van der Waals surface area contributed by atoms with Crippen LogP contribution in [0.3, 0.4) is 0 Å². The molecule has 16 heavy (non-hydrogen) atoms. The van der Waals surface area contributed by atoms with E-state index in [9.17, 15) is 9.59 Å². The molecule has 2 fully saturated rings. The number of fused-ring (bicyclic) bond motifs is 1. The molecule has 0 aromatic heterocycles. The third-order valence-electron chi connectivity index (χ3n) is 3.42. The molecule has 2 aliphatic rings. The Hall–Kier alpha value is -0.770. The van der Waals surface area contributed by atoms with Crippen molar-refractivity contribution in [2.45, 2.75) is 37.6 Å². The van der Waals surface area contributed by atoms with Crippen LogP contribution in [0.1, 0.15) is 26.2 Å². The molecule has 2 rings (SSSR count). The van der Waals surface area contributed by atoms with Crippen LogP contribution in [-0.4, -0.2) is 41.2 Å². The molecule has 2 saturated heterocycles. The molecule has 1 N–H and O–H groups in total. The highest BCUT2D eigenvalue weighted by Crippen LogP contribution is 2.25. The van der Waals surface area contributed by atoms with Crippen molar-refractivity contribution in [2.24, 2.45) is 5.92 Å². The van der Waals surface area contributed by atoms with Gasteiger partial charge in [0.05, 0.1) is 6.04 Å². The van der Waals surface area contributed by atoms with Crippen molar-refractivity contribution in [3.63, 3.8) is 0 Å². The van der Waals surface area contributed by atoms with E-state index in [-0.39, 0.29) is 17.9 Å². The van der Waals surface area contributed by atoms with Crippen molar-refractivity contribution >= 4 is 23.4 Å². The van der Waals surface area contributed by atoms with Crippen LogP contribution in [-0.2, 0) is 9.59 Å². The van der Waals surface area contributed by atoms with Crippen LogP contribution in [0.4, 0.5) is 0 Å². The number of halogens is 1. The lowest BCUT2D eigenvalue weighted by Gasteiger charge is -2.18. The van der Waals surface area contributed by atoms with Crippen LogP contribution in [0, 0.1) is 5.92 Å². The van der Waals surface area contributed by atoms with Crippen molar-refractivity contribution in [1.82, 2.24) is 10.2 Å². The van der Waals surface area contributed by atoms with E-state index in [4.69, 9.17) is 11.6 Å². The predicted octanol–water partition coefficient (Wildman–Crippen LogP) is 0.741. The van der Waals surface area contributed by atoms with Crippen LogP contribution < -0.4 is 5.32 Å². The Morgan fingerprint density at radius 3 is 3.00 bits per heavy atom. The van der Waals surface area contributed by atoms with Gasteiger partial charge in [0.2, 0.25) is 11.8 Å². The molecule has 0 radical (unpaired) electrons. The molecule has 0 aliphatic carbocycles. The van der Waals surface area contributed by atoms with Crippen molar-refractivity contribution < 1.29 is 9.59 Å². The quantitative estimate of drug-likeness (QED) is 0.692. The fraction of sp³-hybridized carbons (Fsp3) is 0.818. The van der Waals surface area contributed by atoms with Crippen LogP contribution in [0.15, 0.2) is 0 Å². The van der Waals surface area contributed by atoms with Crippen molar-refractivity contribution in [2.75, 3.05) is 13.1 Å². The molecule has 0 spiro atoms. The first-order valence-corrected chi connectivity index (χ1v) is 6.24. The zero-order valence-electron chi connectivity index (χ0n) is 9.41. The van der Waals surface area contributed by atoms with Gasteiger partial charge in [-0.3, -0.25) is 9.59 Å². The van der Waals surface area contributed by atoms with E-state index in [0.717, 1.165) is 19.4 Å². The second kappa shape index (κ2) is 4.62. The predicted molar refractivity (Wildman–Crippen MR) is 61.2 cm³/mol. The summed E-state index contributed by atoms with van der Waals surface area (Å²) in [7, 11) is 0. The summed E-state index contributed by atoms with van der Waals surface area (Å²) in [5.74, 6) is 0.496. The zero-order valence-corrected chi connectivity index (χ0v) is 10.2. The van der Waals surface area contributed by atoms with Gasteiger partial charge in [-0.05, 0) is 25.7 Å². The first-order valence-electron chi connectivity index (χ1n) is 5.80. The molecule has 0 aromatic rings. The fourth-order valence-electron chi connectivity index (χ4n) is 2.56. The Kier molecular flexibility index (Phi) is 3.38. The fourth-order valence-corrected chi connectivity index (χ4v) is 2.70. The van der Waals surface area contributed by atoms with Gasteiger partial charge in [0.15, 0.2) is 0 Å². The number of hydrogen-bond acceptors (Lipinski definition) is 2. The van der Waals surface area contributed by atoms with Crippen molar-refractivity contribution in [3.8, 4) is 0 Å². The number of hydrogen-bond donors (Lipinski definition) is 1. The van der Waals surface area contributed by atoms with E-state index >= 15 is 0 Å². The SMILES string of the molecule is CC(Cl)C(=O)N1CC2CCCC(=O)NC2C1. The first kappa shape index (κ1) is 11.7. The highest BCUT2D eigenvalue weighted by atomic mass is 35.5. The van der Waals surface area contributed by atoms with Crippen molar-refractivity contribution in [1.29, 1.82) is 0 Å². The lowest BCUT2D eigenvalue weighted by molar-refractivity contribution is -0.130. The average molecular weight is 245 g/mol. The molecule has 2 aliphatic heterocycles. The van der Waals surface area contributed by atoms with Gasteiger partial charge in [-0.15, -0.1) is 11.6 Å². The molecule has 0 aromatic carbocycles. The highest BCUT2D eigenvalue weighted by molar-refractivity contribution is 6.30. The van der Waals surface area contributed by atoms with Crippen LogP contribution in [0.5, 0.6) is 0 Å². The Bertz CT molecular complexity index is 306. The molecule has 2 amide bonds. The number of amides is 2. The molecule has 90 valence electrons. The summed E-state index contributed by atoms with van der Waals surface area (Å²) in [6.07, 6.45) is 2.56. The minimum Gasteiger partial charge on any atom is -0.351 e. The van der Waals surface area contributed by atoms with Gasteiger partial charge in [0, 0.05) is 19.5 Å². The molecule has 5 heteroatoms. The summed E-state index contributed by atoms with van der Waals surface area (Å²) >= 11 is 5.79. The summed E-state index contributed by atoms with van der Waals surface area (Å²) in [6, 6.07) is 0.134. The lowest BCUT2D eigenvalue weighted by atomic mass is 9.99. The molecule has 0 saturated carbocycles. The summed E-state index contributed by atoms with van der Waals surface area (Å²) < 4.78 is 0. The summed E-state index contributed by atoms with van der Waals surface area (Å²) in [5.41, 5.74) is 0. The van der Waals surface area contributed by atoms with E-state index in [0.29, 0.717) is 18.9 Å². The van der Waals surface area contributed by atoms with Crippen LogP contribution in [0.2, 0.25) is 0 Å². The largest absolute Gasteiger partial charge is 0.351 e. The van der Waals surface area contributed by atoms with E-state index < -0.39 is 5.38 Å². The number of alkyl halides is 1. The topological polar surface area (TPSA) is 49.4 Å². The Labute approximate surface area is 100 Å². The maximum absolute atomic E-state index is 11.7. The van der Waals surface area contributed by atoms with Crippen LogP contribution >= 0.6 is 11.6 Å². The van der Waals surface area contributed by atoms with Gasteiger partial charge >= 0.3 is 0 Å². The Morgan fingerprint density at radius 2 is 2.31 bits per heavy atom. The third kappa shape index (κ3) is 2.32. The number of nitrogens with zero attached hydrogens (tertiary/aromatic N) is 1. The number of likely N-dealkylation sites (tertiary alicyclic amines) is 1. The van der Waals surface area contributed by atoms with Gasteiger partial charge < -0.3 is 10.2 Å². The number of rotatable bonds is 1. The first-order chi connectivity index (χ1) is 7.58. The molecular weight excluding hydrogens is 228 g/mol. The molecule has 4 nitrogen and oxygen atoms in total. The Morgan fingerprint density at radius 1 is 1.56 bits per heavy atom. The molecule has 3 unspecified atom stereocenters. The maximum Gasteiger partial charge on any atom is 0.240 e. The number of carbonyl (C=O) groups excluding carboxylic acids is 2. The maximum atomic E-state index is 11.7. The molecular formula is C11H17ClN2O2. The standard InChI is InChI=1S/C11H17ClN2O2/c1-7(12)11(16)14-5-8-3-2-4-10(15)13-9(8)6-14/h7-9H,2-6H2,1H3,(H,13,15). The summed E-state index contributed by atoms with van der Waals surface area (Å²) in [5, 5.41) is 2.51. The third-order valence-corrected chi connectivity index (χ3v) is 3.60. The van der Waals surface area contributed by atoms with E-state index in [1.54, 1.807) is 11.8 Å². The van der Waals surface area contributed by atoms with Gasteiger partial charge in [-0.2, -0.15) is 0 Å². The smallest absolute Gasteiger partial charge is 0.240 e. The molecule has 0 bridgehead atoms. The average Bonchev–Trinajstić information content (AvgIpc) is 2.52. The second-order valence-electron chi connectivity index (χ2n) is 4.69.